The van der Waals surface area contributed by atoms with E-state index in [1.807, 2.05) is 30.0 Å². The van der Waals surface area contributed by atoms with E-state index in [2.05, 4.69) is 4.98 Å². The Morgan fingerprint density at radius 3 is 2.70 bits per heavy atom. The summed E-state index contributed by atoms with van der Waals surface area (Å²) in [7, 11) is 3.20. The molecule has 9 nitrogen and oxygen atoms in total. The molecule has 1 aromatic heterocycles. The standard InChI is InChI=1S/C21H28N4O5/c1-4-9-25-19(22)18(20(27)23-21(25)28)16(26)12-24-10-5-6-15(24)14-11-13(29-2)7-8-17(14)30-3/h7-8,11,15H,4-6,9-10,12,22H2,1-3H3,(H,23,27,28)/t15-/m0/s1. The van der Waals surface area contributed by atoms with Gasteiger partial charge in [-0.15, -0.1) is 0 Å². The van der Waals surface area contributed by atoms with Gasteiger partial charge in [-0.25, -0.2) is 4.79 Å². The number of aromatic nitrogens is 2. The molecule has 1 atom stereocenters. The van der Waals surface area contributed by atoms with Crippen molar-refractivity contribution in [3.8, 4) is 11.5 Å². The fraction of sp³-hybridized carbons (Fsp3) is 0.476. The van der Waals surface area contributed by atoms with Crippen LogP contribution in [-0.4, -0.2) is 47.5 Å². The Morgan fingerprint density at radius 1 is 1.27 bits per heavy atom. The monoisotopic (exact) mass is 416 g/mol. The Labute approximate surface area is 174 Å². The molecule has 0 amide bonds. The number of nitrogen functional groups attached to an aromatic ring is 1. The van der Waals surface area contributed by atoms with Crippen LogP contribution in [0.25, 0.3) is 0 Å². The number of methoxy groups -OCH3 is 2. The second-order valence-electron chi connectivity index (χ2n) is 7.33. The van der Waals surface area contributed by atoms with Gasteiger partial charge in [0.1, 0.15) is 22.9 Å². The van der Waals surface area contributed by atoms with Gasteiger partial charge in [-0.05, 0) is 44.0 Å². The van der Waals surface area contributed by atoms with E-state index in [-0.39, 0.29) is 24.0 Å². The number of H-pyrrole nitrogens is 1. The average molecular weight is 416 g/mol. The van der Waals surface area contributed by atoms with E-state index >= 15 is 0 Å². The van der Waals surface area contributed by atoms with Crippen LogP contribution in [0, 0.1) is 0 Å². The number of Topliss-reactive ketones (excluding diaryl/α,β-unsaturated/α-hetero) is 1. The van der Waals surface area contributed by atoms with E-state index in [9.17, 15) is 14.4 Å². The fourth-order valence-corrected chi connectivity index (χ4v) is 4.03. The van der Waals surface area contributed by atoms with Gasteiger partial charge < -0.3 is 15.2 Å². The quantitative estimate of drug-likeness (QED) is 0.627. The summed E-state index contributed by atoms with van der Waals surface area (Å²) in [5, 5.41) is 0. The van der Waals surface area contributed by atoms with E-state index in [0.717, 1.165) is 18.4 Å². The lowest BCUT2D eigenvalue weighted by Gasteiger charge is -2.26. The molecule has 0 unspecified atom stereocenters. The SMILES string of the molecule is CCCn1c(N)c(C(=O)CN2CCC[C@H]2c2cc(OC)ccc2OC)c(=O)[nH]c1=O. The molecule has 1 aliphatic rings. The third-order valence-electron chi connectivity index (χ3n) is 5.47. The molecule has 9 heteroatoms. The van der Waals surface area contributed by atoms with Crippen LogP contribution < -0.4 is 26.5 Å². The number of benzene rings is 1. The van der Waals surface area contributed by atoms with Gasteiger partial charge in [0, 0.05) is 18.2 Å². The molecule has 1 saturated heterocycles. The summed E-state index contributed by atoms with van der Waals surface area (Å²) in [6, 6.07) is 5.52. The molecule has 1 aliphatic heterocycles. The number of hydrogen-bond donors (Lipinski definition) is 2. The second-order valence-corrected chi connectivity index (χ2v) is 7.33. The molecule has 1 fully saturated rings. The van der Waals surface area contributed by atoms with Gasteiger partial charge in [0.05, 0.1) is 20.8 Å². The molecule has 2 aromatic rings. The smallest absolute Gasteiger partial charge is 0.329 e. The van der Waals surface area contributed by atoms with Crippen LogP contribution in [0.15, 0.2) is 27.8 Å². The van der Waals surface area contributed by atoms with Gasteiger partial charge in [0.2, 0.25) is 0 Å². The molecule has 2 heterocycles. The van der Waals surface area contributed by atoms with Crippen molar-refractivity contribution in [3.63, 3.8) is 0 Å². The maximum absolute atomic E-state index is 13.1. The van der Waals surface area contributed by atoms with E-state index < -0.39 is 17.0 Å². The predicted octanol–water partition coefficient (Wildman–Crippen LogP) is 1.57. The molecule has 3 rings (SSSR count). The van der Waals surface area contributed by atoms with Crippen molar-refractivity contribution < 1.29 is 14.3 Å². The zero-order chi connectivity index (χ0) is 21.8. The fourth-order valence-electron chi connectivity index (χ4n) is 4.03. The lowest BCUT2D eigenvalue weighted by atomic mass is 10.0. The highest BCUT2D eigenvalue weighted by Gasteiger charge is 2.31. The first kappa shape index (κ1) is 21.6. The molecule has 0 saturated carbocycles. The van der Waals surface area contributed by atoms with Crippen molar-refractivity contribution in [1.82, 2.24) is 14.5 Å². The van der Waals surface area contributed by atoms with Gasteiger partial charge in [-0.1, -0.05) is 6.92 Å². The first-order valence-corrected chi connectivity index (χ1v) is 10.0. The van der Waals surface area contributed by atoms with E-state index in [1.165, 1.54) is 4.57 Å². The van der Waals surface area contributed by atoms with Gasteiger partial charge in [-0.2, -0.15) is 0 Å². The summed E-state index contributed by atoms with van der Waals surface area (Å²) < 4.78 is 12.1. The average Bonchev–Trinajstić information content (AvgIpc) is 3.18. The molecule has 0 bridgehead atoms. The van der Waals surface area contributed by atoms with Crippen molar-refractivity contribution in [2.75, 3.05) is 33.0 Å². The number of ether oxygens (including phenoxy) is 2. The van der Waals surface area contributed by atoms with Crippen LogP contribution in [0.1, 0.15) is 48.1 Å². The van der Waals surface area contributed by atoms with Crippen molar-refractivity contribution in [2.45, 2.75) is 38.8 Å². The van der Waals surface area contributed by atoms with Crippen molar-refractivity contribution >= 4 is 11.6 Å². The summed E-state index contributed by atoms with van der Waals surface area (Å²) in [5.74, 6) is 0.933. The van der Waals surface area contributed by atoms with Crippen molar-refractivity contribution in [2.24, 2.45) is 0 Å². The van der Waals surface area contributed by atoms with Crippen LogP contribution in [0.5, 0.6) is 11.5 Å². The summed E-state index contributed by atoms with van der Waals surface area (Å²) >= 11 is 0. The number of ketones is 1. The van der Waals surface area contributed by atoms with Crippen LogP contribution in [0.2, 0.25) is 0 Å². The minimum Gasteiger partial charge on any atom is -0.497 e. The van der Waals surface area contributed by atoms with Crippen LogP contribution in [0.3, 0.4) is 0 Å². The van der Waals surface area contributed by atoms with Crippen LogP contribution >= 0.6 is 0 Å². The van der Waals surface area contributed by atoms with E-state index in [1.54, 1.807) is 14.2 Å². The molecular weight excluding hydrogens is 388 g/mol. The number of aromatic amines is 1. The molecule has 3 N–H and O–H groups in total. The minimum atomic E-state index is -0.746. The van der Waals surface area contributed by atoms with Crippen LogP contribution in [-0.2, 0) is 6.54 Å². The number of carbonyl (C=O) groups excluding carboxylic acids is 1. The molecule has 30 heavy (non-hydrogen) atoms. The first-order valence-electron chi connectivity index (χ1n) is 10.0. The number of nitrogens with one attached hydrogen (secondary N) is 1. The number of nitrogens with zero attached hydrogens (tertiary/aromatic N) is 2. The highest BCUT2D eigenvalue weighted by molar-refractivity contribution is 6.01. The number of anilines is 1. The summed E-state index contributed by atoms with van der Waals surface area (Å²) in [6.07, 6.45) is 2.39. The Bertz CT molecular complexity index is 1040. The van der Waals surface area contributed by atoms with Gasteiger partial charge in [0.15, 0.2) is 5.78 Å². The van der Waals surface area contributed by atoms with Gasteiger partial charge >= 0.3 is 5.69 Å². The third-order valence-corrected chi connectivity index (χ3v) is 5.47. The highest BCUT2D eigenvalue weighted by atomic mass is 16.5. The van der Waals surface area contributed by atoms with Gasteiger partial charge in [0.25, 0.3) is 5.56 Å². The van der Waals surface area contributed by atoms with Crippen molar-refractivity contribution in [3.05, 3.63) is 50.2 Å². The van der Waals surface area contributed by atoms with E-state index in [0.29, 0.717) is 31.0 Å². The lowest BCUT2D eigenvalue weighted by molar-refractivity contribution is 0.0919. The lowest BCUT2D eigenvalue weighted by Crippen LogP contribution is -2.39. The Balaban J connectivity index is 1.92. The maximum atomic E-state index is 13.1. The molecule has 1 aromatic carbocycles. The number of carbonyl (C=O) groups is 1. The topological polar surface area (TPSA) is 120 Å². The maximum Gasteiger partial charge on any atom is 0.329 e. The molecule has 0 aliphatic carbocycles. The summed E-state index contributed by atoms with van der Waals surface area (Å²) in [5.41, 5.74) is 5.47. The predicted molar refractivity (Wildman–Crippen MR) is 113 cm³/mol. The summed E-state index contributed by atoms with van der Waals surface area (Å²) in [4.78, 5) is 41.6. The number of nitrogens with two attached hydrogens (primary N) is 1. The molecular formula is C21H28N4O5. The number of hydrogen-bond acceptors (Lipinski definition) is 7. The molecule has 162 valence electrons. The van der Waals surface area contributed by atoms with E-state index in [4.69, 9.17) is 15.2 Å². The zero-order valence-electron chi connectivity index (χ0n) is 17.6. The largest absolute Gasteiger partial charge is 0.497 e. The molecule has 0 spiro atoms. The second kappa shape index (κ2) is 9.17. The zero-order valence-corrected chi connectivity index (χ0v) is 17.6. The third kappa shape index (κ3) is 4.11. The Hall–Kier alpha value is -3.07. The van der Waals surface area contributed by atoms with Gasteiger partial charge in [-0.3, -0.25) is 24.0 Å². The van der Waals surface area contributed by atoms with Crippen LogP contribution in [0.4, 0.5) is 5.82 Å². The number of rotatable bonds is 8. The minimum absolute atomic E-state index is 0.0165. The van der Waals surface area contributed by atoms with Crippen molar-refractivity contribution in [1.29, 1.82) is 0 Å². The Morgan fingerprint density at radius 2 is 2.03 bits per heavy atom. The summed E-state index contributed by atoms with van der Waals surface area (Å²) in [6.45, 7) is 2.93. The Kier molecular flexibility index (Phi) is 6.61. The highest BCUT2D eigenvalue weighted by Crippen LogP contribution is 2.38. The normalized spacial score (nSPS) is 16.6. The molecule has 0 radical (unpaired) electrons. The number of likely N-dealkylation sites (tertiary alicyclic amines) is 1. The first-order chi connectivity index (χ1) is 14.4.